The van der Waals surface area contributed by atoms with Gasteiger partial charge in [-0.2, -0.15) is 0 Å². The minimum absolute atomic E-state index is 0.0793. The average Bonchev–Trinajstić information content (AvgIpc) is 3.11. The van der Waals surface area contributed by atoms with E-state index in [9.17, 15) is 9.18 Å². The molecule has 1 aromatic carbocycles. The molecule has 98 valence electrons. The molecule has 18 heavy (non-hydrogen) atoms. The Balaban J connectivity index is 2.03. The third kappa shape index (κ3) is 2.33. The van der Waals surface area contributed by atoms with Crippen molar-refractivity contribution in [3.63, 3.8) is 0 Å². The van der Waals surface area contributed by atoms with Gasteiger partial charge in [-0.15, -0.1) is 0 Å². The summed E-state index contributed by atoms with van der Waals surface area (Å²) in [5.74, 6) is -0.297. The van der Waals surface area contributed by atoms with Gasteiger partial charge in [-0.05, 0) is 36.3 Å². The van der Waals surface area contributed by atoms with Gasteiger partial charge < -0.3 is 11.1 Å². The summed E-state index contributed by atoms with van der Waals surface area (Å²) in [6.45, 7) is 4.96. The van der Waals surface area contributed by atoms with Gasteiger partial charge >= 0.3 is 0 Å². The van der Waals surface area contributed by atoms with Crippen LogP contribution in [0.4, 0.5) is 10.1 Å². The number of anilines is 1. The molecule has 0 atom stereocenters. The third-order valence-corrected chi connectivity index (χ3v) is 4.02. The number of carbonyl (C=O) groups is 1. The van der Waals surface area contributed by atoms with Gasteiger partial charge in [0.05, 0.1) is 11.3 Å². The van der Waals surface area contributed by atoms with Crippen molar-refractivity contribution in [3.8, 4) is 0 Å². The maximum absolute atomic E-state index is 13.2. The van der Waals surface area contributed by atoms with E-state index in [1.54, 1.807) is 6.07 Å². The highest BCUT2D eigenvalue weighted by Gasteiger charge is 2.45. The van der Waals surface area contributed by atoms with Crippen molar-refractivity contribution >= 4 is 11.6 Å². The van der Waals surface area contributed by atoms with E-state index in [2.05, 4.69) is 19.2 Å². The highest BCUT2D eigenvalue weighted by atomic mass is 19.1. The number of rotatable bonds is 4. The lowest BCUT2D eigenvalue weighted by Crippen LogP contribution is -2.33. The molecule has 3 N–H and O–H groups in total. The molecule has 0 heterocycles. The number of hydrogen-bond acceptors (Lipinski definition) is 2. The number of amides is 1. The van der Waals surface area contributed by atoms with Crippen molar-refractivity contribution in [2.75, 3.05) is 12.3 Å². The Morgan fingerprint density at radius 1 is 1.50 bits per heavy atom. The van der Waals surface area contributed by atoms with Crippen LogP contribution in [0.1, 0.15) is 37.0 Å². The second-order valence-corrected chi connectivity index (χ2v) is 5.40. The molecule has 1 aliphatic rings. The molecule has 1 amide bonds. The Labute approximate surface area is 107 Å². The van der Waals surface area contributed by atoms with Crippen LogP contribution in [0.25, 0.3) is 0 Å². The summed E-state index contributed by atoms with van der Waals surface area (Å²) in [6.07, 6.45) is 2.28. The molecule has 0 bridgehead atoms. The second kappa shape index (κ2) is 4.59. The van der Waals surface area contributed by atoms with Crippen molar-refractivity contribution in [1.29, 1.82) is 0 Å². The van der Waals surface area contributed by atoms with Crippen LogP contribution in [0.15, 0.2) is 18.2 Å². The lowest BCUT2D eigenvalue weighted by Gasteiger charge is -2.20. The predicted octanol–water partition coefficient (Wildman–Crippen LogP) is 2.57. The van der Waals surface area contributed by atoms with Crippen molar-refractivity contribution in [2.24, 2.45) is 11.3 Å². The molecular formula is C14H19FN2O. The van der Waals surface area contributed by atoms with Crippen LogP contribution in [-0.4, -0.2) is 12.5 Å². The summed E-state index contributed by atoms with van der Waals surface area (Å²) >= 11 is 0. The van der Waals surface area contributed by atoms with Crippen LogP contribution in [0.3, 0.4) is 0 Å². The molecule has 1 fully saturated rings. The van der Waals surface area contributed by atoms with Crippen LogP contribution in [0.2, 0.25) is 0 Å². The van der Waals surface area contributed by atoms with Crippen molar-refractivity contribution in [1.82, 2.24) is 5.32 Å². The maximum atomic E-state index is 13.2. The fraction of sp³-hybridized carbons (Fsp3) is 0.500. The highest BCUT2D eigenvalue weighted by molar-refractivity contribution is 5.99. The summed E-state index contributed by atoms with van der Waals surface area (Å²) < 4.78 is 13.2. The Morgan fingerprint density at radius 3 is 2.72 bits per heavy atom. The van der Waals surface area contributed by atoms with Gasteiger partial charge in [-0.1, -0.05) is 19.9 Å². The fourth-order valence-electron chi connectivity index (χ4n) is 2.21. The van der Waals surface area contributed by atoms with Crippen molar-refractivity contribution in [3.05, 3.63) is 29.6 Å². The van der Waals surface area contributed by atoms with E-state index in [1.807, 2.05) is 0 Å². The summed E-state index contributed by atoms with van der Waals surface area (Å²) in [7, 11) is 0. The molecule has 0 radical (unpaired) electrons. The second-order valence-electron chi connectivity index (χ2n) is 5.40. The molecule has 4 heteroatoms. The number of nitrogen functional groups attached to an aromatic ring is 1. The van der Waals surface area contributed by atoms with Crippen LogP contribution in [-0.2, 0) is 0 Å². The van der Waals surface area contributed by atoms with E-state index in [4.69, 9.17) is 5.73 Å². The van der Waals surface area contributed by atoms with Crippen molar-refractivity contribution < 1.29 is 9.18 Å². The molecule has 1 saturated carbocycles. The Hall–Kier alpha value is -1.58. The maximum Gasteiger partial charge on any atom is 0.253 e. The van der Waals surface area contributed by atoms with E-state index in [1.165, 1.54) is 12.1 Å². The summed E-state index contributed by atoms with van der Waals surface area (Å²) in [5, 5.41) is 2.87. The van der Waals surface area contributed by atoms with Crippen molar-refractivity contribution in [2.45, 2.75) is 26.7 Å². The van der Waals surface area contributed by atoms with E-state index in [0.717, 1.165) is 12.8 Å². The predicted molar refractivity (Wildman–Crippen MR) is 69.7 cm³/mol. The zero-order chi connectivity index (χ0) is 13.3. The van der Waals surface area contributed by atoms with Crippen LogP contribution in [0.5, 0.6) is 0 Å². The molecule has 0 aromatic heterocycles. The number of carbonyl (C=O) groups excluding carboxylic acids is 1. The molecule has 1 aromatic rings. The van der Waals surface area contributed by atoms with Gasteiger partial charge in [0.1, 0.15) is 5.82 Å². The highest BCUT2D eigenvalue weighted by Crippen LogP contribution is 2.51. The van der Waals surface area contributed by atoms with E-state index in [-0.39, 0.29) is 22.6 Å². The zero-order valence-corrected chi connectivity index (χ0v) is 10.8. The first kappa shape index (κ1) is 12.9. The van der Waals surface area contributed by atoms with Gasteiger partial charge in [-0.25, -0.2) is 4.39 Å². The molecule has 1 aliphatic carbocycles. The summed E-state index contributed by atoms with van der Waals surface area (Å²) in [6, 6.07) is 4.29. The van der Waals surface area contributed by atoms with E-state index in [0.29, 0.717) is 12.5 Å². The van der Waals surface area contributed by atoms with E-state index >= 15 is 0 Å². The van der Waals surface area contributed by atoms with Gasteiger partial charge in [-0.3, -0.25) is 4.79 Å². The Morgan fingerprint density at radius 2 is 2.17 bits per heavy atom. The number of halogens is 1. The standard InChI is InChI=1S/C14H19FN2O/c1-9(2)14(6-7-14)8-17-13(18)10-4-3-5-11(15)12(10)16/h3-5,9H,6-8,16H2,1-2H3,(H,17,18). The minimum atomic E-state index is -0.548. The normalized spacial score (nSPS) is 16.7. The minimum Gasteiger partial charge on any atom is -0.396 e. The SMILES string of the molecule is CC(C)C1(CNC(=O)c2cccc(F)c2N)CC1. The van der Waals surface area contributed by atoms with Crippen LogP contribution in [0, 0.1) is 17.2 Å². The van der Waals surface area contributed by atoms with Crippen LogP contribution < -0.4 is 11.1 Å². The summed E-state index contributed by atoms with van der Waals surface area (Å²) in [5.41, 5.74) is 5.93. The summed E-state index contributed by atoms with van der Waals surface area (Å²) in [4.78, 5) is 12.0. The van der Waals surface area contributed by atoms with Crippen LogP contribution >= 0.6 is 0 Å². The zero-order valence-electron chi connectivity index (χ0n) is 10.8. The molecule has 0 spiro atoms. The number of hydrogen-bond donors (Lipinski definition) is 2. The van der Waals surface area contributed by atoms with E-state index < -0.39 is 5.82 Å². The molecule has 2 rings (SSSR count). The molecule has 0 unspecified atom stereocenters. The first-order valence-electron chi connectivity index (χ1n) is 6.28. The van der Waals surface area contributed by atoms with Gasteiger partial charge in [0, 0.05) is 6.54 Å². The Bertz CT molecular complexity index is 467. The number of nitrogens with one attached hydrogen (secondary N) is 1. The molecule has 0 aliphatic heterocycles. The first-order chi connectivity index (χ1) is 8.46. The number of para-hydroxylation sites is 1. The lowest BCUT2D eigenvalue weighted by molar-refractivity contribution is 0.0940. The molecule has 0 saturated heterocycles. The Kier molecular flexibility index (Phi) is 3.28. The molecule has 3 nitrogen and oxygen atoms in total. The topological polar surface area (TPSA) is 55.1 Å². The lowest BCUT2D eigenvalue weighted by atomic mass is 9.92. The fourth-order valence-corrected chi connectivity index (χ4v) is 2.21. The average molecular weight is 250 g/mol. The first-order valence-corrected chi connectivity index (χ1v) is 6.28. The number of benzene rings is 1. The van der Waals surface area contributed by atoms with Gasteiger partial charge in [0.25, 0.3) is 5.91 Å². The number of nitrogens with two attached hydrogens (primary N) is 1. The quantitative estimate of drug-likeness (QED) is 0.807. The monoisotopic (exact) mass is 250 g/mol. The molecular weight excluding hydrogens is 231 g/mol. The largest absolute Gasteiger partial charge is 0.396 e. The smallest absolute Gasteiger partial charge is 0.253 e. The van der Waals surface area contributed by atoms with Gasteiger partial charge in [0.2, 0.25) is 0 Å². The third-order valence-electron chi connectivity index (χ3n) is 4.02. The van der Waals surface area contributed by atoms with Gasteiger partial charge in [0.15, 0.2) is 0 Å².